The standard InChI is InChI=1S/C27H41FN6/c1-19-26(20-10-11-20)31-27(29-19)23-8-4-9-25(30-23)33-14-5-13-32(16-17-33)24-12-15-34(18-22(24)28)21-6-2-3-7-21/h4,8-9,20-22,24-25,30H,2-3,5-7,10-18H2,1H3,(H,29,31). The highest BCUT2D eigenvalue weighted by Crippen LogP contribution is 2.40. The quantitative estimate of drug-likeness (QED) is 0.689. The van der Waals surface area contributed by atoms with Crippen molar-refractivity contribution < 1.29 is 4.39 Å². The van der Waals surface area contributed by atoms with Gasteiger partial charge in [0.15, 0.2) is 5.82 Å². The number of likely N-dealkylation sites (tertiary alicyclic amines) is 1. The van der Waals surface area contributed by atoms with Crippen molar-refractivity contribution >= 4 is 5.70 Å². The predicted octanol–water partition coefficient (Wildman–Crippen LogP) is 3.78. The Bertz CT molecular complexity index is 914. The minimum Gasteiger partial charge on any atom is -0.363 e. The van der Waals surface area contributed by atoms with Crippen LogP contribution in [-0.4, -0.2) is 88.4 Å². The van der Waals surface area contributed by atoms with E-state index < -0.39 is 6.17 Å². The average molecular weight is 469 g/mol. The van der Waals surface area contributed by atoms with Gasteiger partial charge in [0.1, 0.15) is 6.17 Å². The molecule has 0 bridgehead atoms. The van der Waals surface area contributed by atoms with Crippen LogP contribution in [-0.2, 0) is 0 Å². The van der Waals surface area contributed by atoms with Crippen LogP contribution in [0.3, 0.4) is 0 Å². The second-order valence-electron chi connectivity index (χ2n) is 11.1. The molecule has 3 aliphatic heterocycles. The van der Waals surface area contributed by atoms with E-state index in [0.717, 1.165) is 62.8 Å². The van der Waals surface area contributed by atoms with E-state index >= 15 is 4.39 Å². The Labute approximate surface area is 203 Å². The first-order valence-corrected chi connectivity index (χ1v) is 13.7. The van der Waals surface area contributed by atoms with Crippen LogP contribution in [0.1, 0.15) is 74.5 Å². The first kappa shape index (κ1) is 22.7. The largest absolute Gasteiger partial charge is 0.363 e. The number of hydrogen-bond acceptors (Lipinski definition) is 5. The molecule has 1 aromatic heterocycles. The van der Waals surface area contributed by atoms with Gasteiger partial charge in [0.05, 0.1) is 17.6 Å². The number of allylic oxidation sites excluding steroid dienone is 2. The number of alkyl halides is 1. The first-order valence-electron chi connectivity index (χ1n) is 13.7. The van der Waals surface area contributed by atoms with Gasteiger partial charge >= 0.3 is 0 Å². The third kappa shape index (κ3) is 4.71. The third-order valence-electron chi connectivity index (χ3n) is 8.83. The van der Waals surface area contributed by atoms with Gasteiger partial charge in [0, 0.05) is 56.4 Å². The van der Waals surface area contributed by atoms with E-state index in [2.05, 4.69) is 50.2 Å². The molecule has 3 atom stereocenters. The maximum absolute atomic E-state index is 15.3. The van der Waals surface area contributed by atoms with E-state index in [0.29, 0.717) is 18.5 Å². The maximum atomic E-state index is 15.3. The Morgan fingerprint density at radius 2 is 1.71 bits per heavy atom. The molecule has 2 saturated carbocycles. The summed E-state index contributed by atoms with van der Waals surface area (Å²) in [6.45, 7) is 7.79. The first-order chi connectivity index (χ1) is 16.7. The SMILES string of the molecule is Cc1nc(C2=CC=CC(N3CCCN(C4CCN(C5CCCC5)CC4F)CC3)N2)[nH]c1C1CC1. The fourth-order valence-electron chi connectivity index (χ4n) is 6.74. The summed E-state index contributed by atoms with van der Waals surface area (Å²) >= 11 is 0. The molecular weight excluding hydrogens is 427 g/mol. The van der Waals surface area contributed by atoms with E-state index in [9.17, 15) is 0 Å². The molecule has 4 heterocycles. The lowest BCUT2D eigenvalue weighted by atomic mass is 9.99. The van der Waals surface area contributed by atoms with Gasteiger partial charge in [-0.1, -0.05) is 18.9 Å². The van der Waals surface area contributed by atoms with Crippen LogP contribution in [0.2, 0.25) is 0 Å². The Morgan fingerprint density at radius 3 is 2.50 bits per heavy atom. The molecule has 3 unspecified atom stereocenters. The van der Waals surface area contributed by atoms with Crippen LogP contribution in [0, 0.1) is 6.92 Å². The second-order valence-corrected chi connectivity index (χ2v) is 11.1. The molecule has 2 aliphatic carbocycles. The molecule has 2 saturated heterocycles. The molecule has 0 aromatic carbocycles. The lowest BCUT2D eigenvalue weighted by Gasteiger charge is -2.42. The number of aromatic amines is 1. The summed E-state index contributed by atoms with van der Waals surface area (Å²) < 4.78 is 15.3. The summed E-state index contributed by atoms with van der Waals surface area (Å²) in [5.74, 6) is 1.64. The Hall–Kier alpha value is -1.70. The van der Waals surface area contributed by atoms with Crippen molar-refractivity contribution in [3.8, 4) is 0 Å². The number of hydrogen-bond donors (Lipinski definition) is 2. The van der Waals surface area contributed by atoms with Crippen LogP contribution >= 0.6 is 0 Å². The average Bonchev–Trinajstić information content (AvgIpc) is 3.48. The molecule has 4 fully saturated rings. The van der Waals surface area contributed by atoms with E-state index in [1.165, 1.54) is 44.2 Å². The highest BCUT2D eigenvalue weighted by molar-refractivity contribution is 5.62. The van der Waals surface area contributed by atoms with Gasteiger partial charge in [-0.25, -0.2) is 9.37 Å². The Kier molecular flexibility index (Phi) is 6.52. The van der Waals surface area contributed by atoms with E-state index in [1.807, 2.05) is 0 Å². The number of nitrogens with one attached hydrogen (secondary N) is 2. The van der Waals surface area contributed by atoms with Gasteiger partial charge in [0.2, 0.25) is 0 Å². The zero-order chi connectivity index (χ0) is 23.1. The summed E-state index contributed by atoms with van der Waals surface area (Å²) in [6.07, 6.45) is 15.8. The molecule has 0 spiro atoms. The zero-order valence-corrected chi connectivity index (χ0v) is 20.7. The molecule has 0 radical (unpaired) electrons. The summed E-state index contributed by atoms with van der Waals surface area (Å²) in [5.41, 5.74) is 3.53. The number of imidazole rings is 1. The van der Waals surface area contributed by atoms with Crippen molar-refractivity contribution in [2.75, 3.05) is 39.3 Å². The van der Waals surface area contributed by atoms with Crippen molar-refractivity contribution in [1.29, 1.82) is 0 Å². The number of aromatic nitrogens is 2. The van der Waals surface area contributed by atoms with Gasteiger partial charge in [-0.2, -0.15) is 0 Å². The number of aryl methyl sites for hydroxylation is 1. The van der Waals surface area contributed by atoms with Gasteiger partial charge in [-0.05, 0) is 64.1 Å². The summed E-state index contributed by atoms with van der Waals surface area (Å²) in [5, 5.41) is 3.71. The van der Waals surface area contributed by atoms with Crippen molar-refractivity contribution in [1.82, 2.24) is 30.0 Å². The number of rotatable bonds is 5. The molecular formula is C27H41FN6. The highest BCUT2D eigenvalue weighted by Gasteiger charge is 2.37. The molecule has 2 N–H and O–H groups in total. The predicted molar refractivity (Wildman–Crippen MR) is 134 cm³/mol. The number of nitrogens with zero attached hydrogens (tertiary/aromatic N) is 4. The molecule has 7 heteroatoms. The number of dihydropyridines is 1. The fourth-order valence-corrected chi connectivity index (χ4v) is 6.74. The number of piperidine rings is 1. The number of halogens is 1. The molecule has 186 valence electrons. The molecule has 6 rings (SSSR count). The Morgan fingerprint density at radius 1 is 0.912 bits per heavy atom. The van der Waals surface area contributed by atoms with Crippen LogP contribution in [0.25, 0.3) is 5.70 Å². The summed E-state index contributed by atoms with van der Waals surface area (Å²) in [7, 11) is 0. The van der Waals surface area contributed by atoms with Gasteiger partial charge in [0.25, 0.3) is 0 Å². The van der Waals surface area contributed by atoms with E-state index in [1.54, 1.807) is 0 Å². The normalized spacial score (nSPS) is 32.5. The zero-order valence-electron chi connectivity index (χ0n) is 20.7. The van der Waals surface area contributed by atoms with Crippen molar-refractivity contribution in [2.24, 2.45) is 0 Å². The minimum atomic E-state index is -0.717. The lowest BCUT2D eigenvalue weighted by molar-refractivity contribution is 0.0189. The van der Waals surface area contributed by atoms with Crippen LogP contribution in [0.5, 0.6) is 0 Å². The van der Waals surface area contributed by atoms with Crippen LogP contribution in [0.15, 0.2) is 18.2 Å². The number of H-pyrrole nitrogens is 1. The molecule has 0 amide bonds. The van der Waals surface area contributed by atoms with E-state index in [4.69, 9.17) is 4.98 Å². The smallest absolute Gasteiger partial charge is 0.154 e. The van der Waals surface area contributed by atoms with Gasteiger partial charge < -0.3 is 10.3 Å². The third-order valence-corrected chi connectivity index (χ3v) is 8.83. The molecule has 34 heavy (non-hydrogen) atoms. The second kappa shape index (κ2) is 9.75. The summed E-state index contributed by atoms with van der Waals surface area (Å²) in [4.78, 5) is 15.8. The molecule has 5 aliphatic rings. The van der Waals surface area contributed by atoms with Crippen molar-refractivity contribution in [3.05, 3.63) is 35.4 Å². The summed E-state index contributed by atoms with van der Waals surface area (Å²) in [6, 6.07) is 0.735. The lowest BCUT2D eigenvalue weighted by Crippen LogP contribution is -2.55. The highest BCUT2D eigenvalue weighted by atomic mass is 19.1. The van der Waals surface area contributed by atoms with Gasteiger partial charge in [-0.3, -0.25) is 14.7 Å². The maximum Gasteiger partial charge on any atom is 0.154 e. The topological polar surface area (TPSA) is 50.4 Å². The van der Waals surface area contributed by atoms with Crippen LogP contribution < -0.4 is 5.32 Å². The van der Waals surface area contributed by atoms with Crippen molar-refractivity contribution in [3.63, 3.8) is 0 Å². The molecule has 1 aromatic rings. The molecule has 6 nitrogen and oxygen atoms in total. The monoisotopic (exact) mass is 468 g/mol. The van der Waals surface area contributed by atoms with Crippen LogP contribution in [0.4, 0.5) is 4.39 Å². The van der Waals surface area contributed by atoms with Crippen molar-refractivity contribution in [2.45, 2.75) is 88.6 Å². The minimum absolute atomic E-state index is 0.0925. The fraction of sp³-hybridized carbons (Fsp3) is 0.741. The Balaban J connectivity index is 1.04. The van der Waals surface area contributed by atoms with E-state index in [-0.39, 0.29) is 12.2 Å². The van der Waals surface area contributed by atoms with Gasteiger partial charge in [-0.15, -0.1) is 0 Å².